The number of nitro groups is 1. The molecule has 2 aromatic rings. The summed E-state index contributed by atoms with van der Waals surface area (Å²) in [5.41, 5.74) is 0.900. The summed E-state index contributed by atoms with van der Waals surface area (Å²) in [6, 6.07) is 11.8. The topological polar surface area (TPSA) is 98.5 Å². The first-order valence-corrected chi connectivity index (χ1v) is 8.07. The van der Waals surface area contributed by atoms with E-state index in [-0.39, 0.29) is 17.7 Å². The Kier molecular flexibility index (Phi) is 6.24. The van der Waals surface area contributed by atoms with Crippen molar-refractivity contribution in [3.05, 3.63) is 74.2 Å². The molecule has 1 amide bonds. The molecule has 25 heavy (non-hydrogen) atoms. The van der Waals surface area contributed by atoms with Crippen LogP contribution in [0.25, 0.3) is 0 Å². The van der Waals surface area contributed by atoms with E-state index in [4.69, 9.17) is 0 Å². The van der Waals surface area contributed by atoms with Gasteiger partial charge in [-0.15, -0.1) is 0 Å². The molecule has 2 rings (SSSR count). The summed E-state index contributed by atoms with van der Waals surface area (Å²) in [4.78, 5) is 34.2. The number of esters is 1. The van der Waals surface area contributed by atoms with Gasteiger partial charge in [0.05, 0.1) is 24.5 Å². The molecule has 8 heteroatoms. The predicted octanol–water partition coefficient (Wildman–Crippen LogP) is 3.39. The zero-order valence-corrected chi connectivity index (χ0v) is 14.9. The molecule has 0 fully saturated rings. The van der Waals surface area contributed by atoms with Crippen LogP contribution in [-0.4, -0.2) is 23.9 Å². The standard InChI is InChI=1S/C17H15BrN2O5/c1-25-16(21)10-15(11-2-6-13(18)7-3-11)19-17(22)12-4-8-14(9-5-12)20(23)24/h2-9,15H,10H2,1H3,(H,19,22). The van der Waals surface area contributed by atoms with Gasteiger partial charge in [0, 0.05) is 22.2 Å². The second-order valence-electron chi connectivity index (χ2n) is 5.16. The van der Waals surface area contributed by atoms with Crippen molar-refractivity contribution in [3.63, 3.8) is 0 Å². The van der Waals surface area contributed by atoms with Gasteiger partial charge < -0.3 is 10.1 Å². The average molecular weight is 407 g/mol. The minimum Gasteiger partial charge on any atom is -0.469 e. The minimum absolute atomic E-state index is 0.0309. The van der Waals surface area contributed by atoms with Gasteiger partial charge in [-0.25, -0.2) is 0 Å². The number of rotatable bonds is 6. The highest BCUT2D eigenvalue weighted by atomic mass is 79.9. The lowest BCUT2D eigenvalue weighted by Crippen LogP contribution is -2.30. The lowest BCUT2D eigenvalue weighted by molar-refractivity contribution is -0.384. The number of carbonyl (C=O) groups is 2. The van der Waals surface area contributed by atoms with E-state index in [0.717, 1.165) is 10.0 Å². The van der Waals surface area contributed by atoms with Crippen LogP contribution in [0.4, 0.5) is 5.69 Å². The van der Waals surface area contributed by atoms with E-state index < -0.39 is 22.8 Å². The monoisotopic (exact) mass is 406 g/mol. The molecule has 0 bridgehead atoms. The van der Waals surface area contributed by atoms with Gasteiger partial charge in [-0.2, -0.15) is 0 Å². The number of non-ortho nitro benzene ring substituents is 1. The Bertz CT molecular complexity index is 775. The zero-order valence-electron chi connectivity index (χ0n) is 13.3. The number of carbonyl (C=O) groups excluding carboxylic acids is 2. The van der Waals surface area contributed by atoms with Gasteiger partial charge in [-0.3, -0.25) is 19.7 Å². The number of nitro benzene ring substituents is 1. The number of halogens is 1. The first-order valence-electron chi connectivity index (χ1n) is 7.28. The van der Waals surface area contributed by atoms with Crippen LogP contribution in [0, 0.1) is 10.1 Å². The van der Waals surface area contributed by atoms with Gasteiger partial charge in [0.25, 0.3) is 11.6 Å². The number of nitrogens with one attached hydrogen (secondary N) is 1. The maximum Gasteiger partial charge on any atom is 0.307 e. The van der Waals surface area contributed by atoms with Gasteiger partial charge in [0.15, 0.2) is 0 Å². The molecular weight excluding hydrogens is 392 g/mol. The molecule has 0 aliphatic rings. The lowest BCUT2D eigenvalue weighted by atomic mass is 10.0. The van der Waals surface area contributed by atoms with Crippen molar-refractivity contribution in [1.82, 2.24) is 5.32 Å². The minimum atomic E-state index is -0.580. The van der Waals surface area contributed by atoms with E-state index >= 15 is 0 Å². The van der Waals surface area contributed by atoms with E-state index in [9.17, 15) is 19.7 Å². The van der Waals surface area contributed by atoms with Crippen molar-refractivity contribution in [2.75, 3.05) is 7.11 Å². The number of benzene rings is 2. The fraction of sp³-hybridized carbons (Fsp3) is 0.176. The zero-order chi connectivity index (χ0) is 18.4. The summed E-state index contributed by atoms with van der Waals surface area (Å²) in [6.45, 7) is 0. The number of hydrogen-bond acceptors (Lipinski definition) is 5. The Morgan fingerprint density at radius 3 is 2.28 bits per heavy atom. The maximum atomic E-state index is 12.4. The first-order chi connectivity index (χ1) is 11.9. The quantitative estimate of drug-likeness (QED) is 0.450. The molecular formula is C17H15BrN2O5. The highest BCUT2D eigenvalue weighted by Gasteiger charge is 2.20. The first kappa shape index (κ1) is 18.6. The number of nitrogens with zero attached hydrogens (tertiary/aromatic N) is 1. The van der Waals surface area contributed by atoms with Crippen LogP contribution in [0.2, 0.25) is 0 Å². The smallest absolute Gasteiger partial charge is 0.307 e. The molecule has 0 saturated heterocycles. The Labute approximate surface area is 152 Å². The van der Waals surface area contributed by atoms with Crippen molar-refractivity contribution in [3.8, 4) is 0 Å². The molecule has 1 unspecified atom stereocenters. The Hall–Kier alpha value is -2.74. The summed E-state index contributed by atoms with van der Waals surface area (Å²) < 4.78 is 5.55. The number of ether oxygens (including phenoxy) is 1. The Morgan fingerprint density at radius 2 is 1.76 bits per heavy atom. The molecule has 0 spiro atoms. The van der Waals surface area contributed by atoms with Gasteiger partial charge in [0.2, 0.25) is 0 Å². The fourth-order valence-electron chi connectivity index (χ4n) is 2.17. The van der Waals surface area contributed by atoms with E-state index in [1.165, 1.54) is 31.4 Å². The van der Waals surface area contributed by atoms with Crippen molar-refractivity contribution < 1.29 is 19.2 Å². The number of hydrogen-bond donors (Lipinski definition) is 1. The molecule has 7 nitrogen and oxygen atoms in total. The summed E-state index contributed by atoms with van der Waals surface area (Å²) in [5.74, 6) is -0.899. The van der Waals surface area contributed by atoms with Crippen LogP contribution in [0.15, 0.2) is 53.0 Å². The third-order valence-corrected chi connectivity index (χ3v) is 4.05. The average Bonchev–Trinajstić information content (AvgIpc) is 2.61. The van der Waals surface area contributed by atoms with Crippen molar-refractivity contribution in [2.24, 2.45) is 0 Å². The van der Waals surface area contributed by atoms with Crippen molar-refractivity contribution >= 4 is 33.5 Å². The van der Waals surface area contributed by atoms with E-state index in [1.54, 1.807) is 24.3 Å². The SMILES string of the molecule is COC(=O)CC(NC(=O)c1ccc([N+](=O)[O-])cc1)c1ccc(Br)cc1. The largest absolute Gasteiger partial charge is 0.469 e. The van der Waals surface area contributed by atoms with Crippen molar-refractivity contribution in [1.29, 1.82) is 0 Å². The predicted molar refractivity (Wildman–Crippen MR) is 94.1 cm³/mol. The van der Waals surface area contributed by atoms with Crippen molar-refractivity contribution in [2.45, 2.75) is 12.5 Å². The van der Waals surface area contributed by atoms with Gasteiger partial charge >= 0.3 is 5.97 Å². The van der Waals surface area contributed by atoms with E-state index in [0.29, 0.717) is 0 Å². The molecule has 2 aromatic carbocycles. The lowest BCUT2D eigenvalue weighted by Gasteiger charge is -2.18. The molecule has 130 valence electrons. The van der Waals surface area contributed by atoms with Gasteiger partial charge in [-0.1, -0.05) is 28.1 Å². The second kappa shape index (κ2) is 8.39. The highest BCUT2D eigenvalue weighted by Crippen LogP contribution is 2.21. The summed E-state index contributed by atoms with van der Waals surface area (Å²) >= 11 is 3.33. The summed E-state index contributed by atoms with van der Waals surface area (Å²) in [5, 5.41) is 13.4. The molecule has 0 aromatic heterocycles. The second-order valence-corrected chi connectivity index (χ2v) is 6.08. The number of methoxy groups -OCH3 is 1. The molecule has 0 aliphatic heterocycles. The molecule has 0 heterocycles. The summed E-state index contributed by atoms with van der Waals surface area (Å²) in [7, 11) is 1.28. The fourth-order valence-corrected chi connectivity index (χ4v) is 2.44. The highest BCUT2D eigenvalue weighted by molar-refractivity contribution is 9.10. The summed E-state index contributed by atoms with van der Waals surface area (Å²) in [6.07, 6.45) is -0.0309. The maximum absolute atomic E-state index is 12.4. The third-order valence-electron chi connectivity index (χ3n) is 3.52. The van der Waals surface area contributed by atoms with Crippen LogP contribution in [0.3, 0.4) is 0 Å². The van der Waals surface area contributed by atoms with Crippen LogP contribution >= 0.6 is 15.9 Å². The Morgan fingerprint density at radius 1 is 1.16 bits per heavy atom. The van der Waals surface area contributed by atoms with E-state index in [1.807, 2.05) is 0 Å². The van der Waals surface area contributed by atoms with Crippen LogP contribution < -0.4 is 5.32 Å². The molecule has 0 radical (unpaired) electrons. The van der Waals surface area contributed by atoms with Crippen LogP contribution in [-0.2, 0) is 9.53 Å². The molecule has 1 N–H and O–H groups in total. The number of amides is 1. The van der Waals surface area contributed by atoms with Crippen LogP contribution in [0.5, 0.6) is 0 Å². The van der Waals surface area contributed by atoms with E-state index in [2.05, 4.69) is 26.0 Å². The van der Waals surface area contributed by atoms with Gasteiger partial charge in [-0.05, 0) is 29.8 Å². The molecule has 1 atom stereocenters. The molecule has 0 aliphatic carbocycles. The third kappa shape index (κ3) is 5.12. The normalized spacial score (nSPS) is 11.4. The van der Waals surface area contributed by atoms with Gasteiger partial charge in [0.1, 0.15) is 0 Å². The van der Waals surface area contributed by atoms with Crippen LogP contribution in [0.1, 0.15) is 28.4 Å². The molecule has 0 saturated carbocycles. The Balaban J connectivity index is 2.19.